The SMILES string of the molecule is CC(C)CO.[Cl-].[Na+]. The summed E-state index contributed by atoms with van der Waals surface area (Å²) in [7, 11) is 0. The van der Waals surface area contributed by atoms with Gasteiger partial charge in [0.15, 0.2) is 0 Å². The molecule has 0 saturated heterocycles. The molecule has 0 radical (unpaired) electrons. The van der Waals surface area contributed by atoms with Gasteiger partial charge in [-0.3, -0.25) is 0 Å². The summed E-state index contributed by atoms with van der Waals surface area (Å²) in [5.41, 5.74) is 0. The van der Waals surface area contributed by atoms with Crippen LogP contribution in [0.5, 0.6) is 0 Å². The van der Waals surface area contributed by atoms with Gasteiger partial charge in [0, 0.05) is 6.61 Å². The van der Waals surface area contributed by atoms with Crippen LogP contribution in [0.3, 0.4) is 0 Å². The Kier molecular flexibility index (Phi) is 23.1. The Labute approximate surface area is 73.2 Å². The Morgan fingerprint density at radius 1 is 1.43 bits per heavy atom. The fourth-order valence-electron chi connectivity index (χ4n) is 0. The van der Waals surface area contributed by atoms with Crippen LogP contribution in [-0.2, 0) is 0 Å². The van der Waals surface area contributed by atoms with E-state index in [9.17, 15) is 0 Å². The van der Waals surface area contributed by atoms with Crippen LogP contribution < -0.4 is 42.0 Å². The van der Waals surface area contributed by atoms with Crippen molar-refractivity contribution in [1.82, 2.24) is 0 Å². The molecule has 0 atom stereocenters. The van der Waals surface area contributed by atoms with Gasteiger partial charge in [-0.1, -0.05) is 13.8 Å². The Bertz CT molecular complexity index is 25.7. The van der Waals surface area contributed by atoms with Crippen molar-refractivity contribution in [2.45, 2.75) is 13.8 Å². The van der Waals surface area contributed by atoms with Crippen molar-refractivity contribution >= 4 is 0 Å². The summed E-state index contributed by atoms with van der Waals surface area (Å²) in [5, 5.41) is 8.14. The third kappa shape index (κ3) is 18.9. The number of halogens is 1. The first-order valence-corrected chi connectivity index (χ1v) is 1.88. The van der Waals surface area contributed by atoms with Gasteiger partial charge >= 0.3 is 29.6 Å². The van der Waals surface area contributed by atoms with Gasteiger partial charge < -0.3 is 17.5 Å². The fourth-order valence-corrected chi connectivity index (χ4v) is 0. The molecule has 0 aromatic carbocycles. The molecule has 0 amide bonds. The van der Waals surface area contributed by atoms with Crippen LogP contribution in [0.25, 0.3) is 0 Å². The summed E-state index contributed by atoms with van der Waals surface area (Å²) < 4.78 is 0. The van der Waals surface area contributed by atoms with Gasteiger partial charge in [0.2, 0.25) is 0 Å². The number of aliphatic hydroxyl groups excluding tert-OH is 1. The molecule has 0 aromatic rings. The van der Waals surface area contributed by atoms with Crippen molar-refractivity contribution in [1.29, 1.82) is 0 Å². The minimum absolute atomic E-state index is 0. The Morgan fingerprint density at radius 2 is 1.57 bits per heavy atom. The van der Waals surface area contributed by atoms with Crippen LogP contribution in [-0.4, -0.2) is 11.7 Å². The predicted molar refractivity (Wildman–Crippen MR) is 21.9 cm³/mol. The van der Waals surface area contributed by atoms with Crippen LogP contribution in [0.1, 0.15) is 13.8 Å². The number of aliphatic hydroxyl groups is 1. The average Bonchev–Trinajstić information content (AvgIpc) is 1.38. The smallest absolute Gasteiger partial charge is 1.00 e. The summed E-state index contributed by atoms with van der Waals surface area (Å²) in [6, 6.07) is 0. The second-order valence-electron chi connectivity index (χ2n) is 1.58. The van der Waals surface area contributed by atoms with Gasteiger partial charge in [-0.25, -0.2) is 0 Å². The standard InChI is InChI=1S/C4H10O.ClH.Na/c1-4(2)3-5;;/h4-5H,3H2,1-2H3;1H;/q;;+1/p-1. The van der Waals surface area contributed by atoms with Crippen molar-refractivity contribution in [3.8, 4) is 0 Å². The second-order valence-corrected chi connectivity index (χ2v) is 1.58. The molecule has 0 aromatic heterocycles. The minimum Gasteiger partial charge on any atom is -1.00 e. The van der Waals surface area contributed by atoms with E-state index in [4.69, 9.17) is 5.11 Å². The molecule has 0 aliphatic heterocycles. The summed E-state index contributed by atoms with van der Waals surface area (Å²) in [4.78, 5) is 0. The first kappa shape index (κ1) is 15.7. The molecule has 0 bridgehead atoms. The number of hydrogen-bond donors (Lipinski definition) is 1. The first-order valence-electron chi connectivity index (χ1n) is 1.88. The van der Waals surface area contributed by atoms with E-state index in [1.807, 2.05) is 13.8 Å². The van der Waals surface area contributed by atoms with Gasteiger partial charge in [0.05, 0.1) is 0 Å². The number of rotatable bonds is 1. The predicted octanol–water partition coefficient (Wildman–Crippen LogP) is -5.36. The van der Waals surface area contributed by atoms with E-state index in [1.54, 1.807) is 0 Å². The number of hydrogen-bond acceptors (Lipinski definition) is 1. The monoisotopic (exact) mass is 132 g/mol. The molecular weight excluding hydrogens is 122 g/mol. The normalized spacial score (nSPS) is 6.86. The van der Waals surface area contributed by atoms with Crippen LogP contribution in [0.2, 0.25) is 0 Å². The Morgan fingerprint density at radius 3 is 1.57 bits per heavy atom. The van der Waals surface area contributed by atoms with E-state index in [-0.39, 0.29) is 42.0 Å². The molecule has 0 fully saturated rings. The van der Waals surface area contributed by atoms with Crippen LogP contribution in [0.4, 0.5) is 0 Å². The minimum atomic E-state index is 0. The molecule has 0 rings (SSSR count). The maximum Gasteiger partial charge on any atom is 1.00 e. The molecule has 0 spiro atoms. The van der Waals surface area contributed by atoms with Gasteiger partial charge in [0.25, 0.3) is 0 Å². The summed E-state index contributed by atoms with van der Waals surface area (Å²) in [6.45, 7) is 4.25. The van der Waals surface area contributed by atoms with Crippen molar-refractivity contribution in [3.05, 3.63) is 0 Å². The van der Waals surface area contributed by atoms with E-state index in [1.165, 1.54) is 0 Å². The third-order valence-corrected chi connectivity index (χ3v) is 0.365. The zero-order valence-corrected chi connectivity index (χ0v) is 7.87. The Balaban J connectivity index is -0.0000000800. The molecular formula is C4H10ClNaO. The topological polar surface area (TPSA) is 20.2 Å². The van der Waals surface area contributed by atoms with Crippen LogP contribution >= 0.6 is 0 Å². The molecule has 1 nitrogen and oxygen atoms in total. The van der Waals surface area contributed by atoms with Gasteiger partial charge in [-0.15, -0.1) is 0 Å². The van der Waals surface area contributed by atoms with E-state index < -0.39 is 0 Å². The average molecular weight is 133 g/mol. The maximum atomic E-state index is 8.14. The summed E-state index contributed by atoms with van der Waals surface area (Å²) in [6.07, 6.45) is 0. The summed E-state index contributed by atoms with van der Waals surface area (Å²) in [5.74, 6) is 0.440. The van der Waals surface area contributed by atoms with Gasteiger partial charge in [-0.05, 0) is 5.92 Å². The fraction of sp³-hybridized carbons (Fsp3) is 1.00. The zero-order valence-electron chi connectivity index (χ0n) is 5.11. The van der Waals surface area contributed by atoms with E-state index >= 15 is 0 Å². The Hall–Kier alpha value is 1.25. The van der Waals surface area contributed by atoms with Crippen LogP contribution in [0, 0.1) is 5.92 Å². The van der Waals surface area contributed by atoms with Crippen molar-refractivity contribution in [2.24, 2.45) is 5.92 Å². The maximum absolute atomic E-state index is 8.14. The zero-order chi connectivity index (χ0) is 4.28. The molecule has 40 valence electrons. The first-order chi connectivity index (χ1) is 2.27. The van der Waals surface area contributed by atoms with E-state index in [0.717, 1.165) is 0 Å². The van der Waals surface area contributed by atoms with Crippen molar-refractivity contribution < 1.29 is 47.1 Å². The molecule has 0 saturated carbocycles. The molecule has 1 N–H and O–H groups in total. The van der Waals surface area contributed by atoms with E-state index in [2.05, 4.69) is 0 Å². The largest absolute Gasteiger partial charge is 1.00 e. The quantitative estimate of drug-likeness (QED) is 0.354. The van der Waals surface area contributed by atoms with E-state index in [0.29, 0.717) is 12.5 Å². The molecule has 7 heavy (non-hydrogen) atoms. The van der Waals surface area contributed by atoms with Crippen molar-refractivity contribution in [3.63, 3.8) is 0 Å². The second kappa shape index (κ2) is 10.3. The third-order valence-electron chi connectivity index (χ3n) is 0.365. The summed E-state index contributed by atoms with van der Waals surface area (Å²) >= 11 is 0. The molecule has 0 unspecified atom stereocenters. The van der Waals surface area contributed by atoms with Gasteiger partial charge in [0.1, 0.15) is 0 Å². The molecule has 3 heteroatoms. The van der Waals surface area contributed by atoms with Gasteiger partial charge in [-0.2, -0.15) is 0 Å². The molecule has 0 heterocycles. The van der Waals surface area contributed by atoms with Crippen LogP contribution in [0.15, 0.2) is 0 Å². The van der Waals surface area contributed by atoms with Crippen molar-refractivity contribution in [2.75, 3.05) is 6.61 Å². The molecule has 0 aliphatic carbocycles. The molecule has 0 aliphatic rings.